The number of carbonyl (C=O) groups excluding carboxylic acids is 1. The molecule has 0 radical (unpaired) electrons. The van der Waals surface area contributed by atoms with E-state index in [1.54, 1.807) is 0 Å². The van der Waals surface area contributed by atoms with Crippen LogP contribution in [0.5, 0.6) is 0 Å². The maximum atomic E-state index is 12.4. The molecule has 0 spiro atoms. The van der Waals surface area contributed by atoms with Crippen molar-refractivity contribution >= 4 is 5.91 Å². The fraction of sp³-hybridized carbons (Fsp3) is 0.800. The lowest BCUT2D eigenvalue weighted by molar-refractivity contribution is -0.132. The highest BCUT2D eigenvalue weighted by molar-refractivity contribution is 5.80. The molecule has 6 nitrogen and oxygen atoms in total. The highest BCUT2D eigenvalue weighted by Gasteiger charge is 2.28. The number of hydrogen-bond acceptors (Lipinski definition) is 5. The summed E-state index contributed by atoms with van der Waals surface area (Å²) in [5, 5.41) is 43.2. The molecule has 0 fully saturated rings. The standard InChI is InChI=1S/C35H65NO5/c1-3-5-7-9-11-13-15-16-17-19-21-23-25-27-29-33(39)35(41)36-31(30-37)34(40)32(38)28-26-24-22-20-18-14-12-10-8-6-4-2/h10,12-13,15,20,22,31-34,37-40H,3-9,11,14,16-19,21,23-30H2,1-2H3,(H,36,41)/b12-10+,15-13-,22-20+. The number of hydrogen-bond donors (Lipinski definition) is 5. The molecule has 0 aromatic carbocycles. The summed E-state index contributed by atoms with van der Waals surface area (Å²) in [5.74, 6) is -0.608. The van der Waals surface area contributed by atoms with Gasteiger partial charge in [-0.25, -0.2) is 0 Å². The summed E-state index contributed by atoms with van der Waals surface area (Å²) in [4.78, 5) is 12.4. The van der Waals surface area contributed by atoms with E-state index in [4.69, 9.17) is 0 Å². The van der Waals surface area contributed by atoms with Crippen molar-refractivity contribution in [3.05, 3.63) is 36.5 Å². The number of allylic oxidation sites excluding steroid dienone is 6. The molecule has 0 aromatic heterocycles. The van der Waals surface area contributed by atoms with Crippen LogP contribution in [0.2, 0.25) is 0 Å². The van der Waals surface area contributed by atoms with E-state index in [0.29, 0.717) is 19.3 Å². The molecule has 1 amide bonds. The average molecular weight is 580 g/mol. The van der Waals surface area contributed by atoms with Gasteiger partial charge in [-0.3, -0.25) is 4.79 Å². The van der Waals surface area contributed by atoms with Crippen LogP contribution in [0.1, 0.15) is 149 Å². The zero-order chi connectivity index (χ0) is 30.4. The van der Waals surface area contributed by atoms with Crippen LogP contribution in [-0.4, -0.2) is 57.3 Å². The zero-order valence-electron chi connectivity index (χ0n) is 26.5. The first-order valence-corrected chi connectivity index (χ1v) is 16.9. The van der Waals surface area contributed by atoms with Crippen LogP contribution in [0.15, 0.2) is 36.5 Å². The lowest BCUT2D eigenvalue weighted by atomic mass is 10.00. The van der Waals surface area contributed by atoms with Gasteiger partial charge in [-0.05, 0) is 70.6 Å². The molecular weight excluding hydrogens is 514 g/mol. The van der Waals surface area contributed by atoms with Gasteiger partial charge < -0.3 is 25.7 Å². The normalized spacial score (nSPS) is 15.2. The molecule has 0 bridgehead atoms. The molecule has 0 saturated carbocycles. The number of aliphatic hydroxyl groups excluding tert-OH is 4. The van der Waals surface area contributed by atoms with Crippen LogP contribution in [-0.2, 0) is 4.79 Å². The van der Waals surface area contributed by atoms with E-state index in [0.717, 1.165) is 57.8 Å². The van der Waals surface area contributed by atoms with Gasteiger partial charge in [0.2, 0.25) is 5.91 Å². The van der Waals surface area contributed by atoms with Crippen molar-refractivity contribution < 1.29 is 25.2 Å². The average Bonchev–Trinajstić information content (AvgIpc) is 2.98. The number of amides is 1. The predicted molar refractivity (Wildman–Crippen MR) is 173 cm³/mol. The van der Waals surface area contributed by atoms with Crippen molar-refractivity contribution in [2.45, 2.75) is 173 Å². The Kier molecular flexibility index (Phi) is 28.9. The topological polar surface area (TPSA) is 110 Å². The minimum Gasteiger partial charge on any atom is -0.394 e. The summed E-state index contributed by atoms with van der Waals surface area (Å²) in [6.07, 6.45) is 31.6. The molecule has 6 heteroatoms. The first kappa shape index (κ1) is 39.5. The highest BCUT2D eigenvalue weighted by atomic mass is 16.3. The molecule has 4 atom stereocenters. The summed E-state index contributed by atoms with van der Waals surface area (Å²) < 4.78 is 0. The third kappa shape index (κ3) is 24.8. The Morgan fingerprint density at radius 2 is 1.05 bits per heavy atom. The van der Waals surface area contributed by atoms with Crippen molar-refractivity contribution in [1.82, 2.24) is 5.32 Å². The summed E-state index contributed by atoms with van der Waals surface area (Å²) in [5.41, 5.74) is 0. The van der Waals surface area contributed by atoms with Gasteiger partial charge in [0.15, 0.2) is 0 Å². The fourth-order valence-corrected chi connectivity index (χ4v) is 4.75. The molecule has 0 aliphatic carbocycles. The minimum absolute atomic E-state index is 0.351. The molecule has 41 heavy (non-hydrogen) atoms. The number of nitrogens with one attached hydrogen (secondary N) is 1. The van der Waals surface area contributed by atoms with Gasteiger partial charge in [-0.1, -0.05) is 115 Å². The highest BCUT2D eigenvalue weighted by Crippen LogP contribution is 2.13. The van der Waals surface area contributed by atoms with Gasteiger partial charge in [0.25, 0.3) is 0 Å². The number of aliphatic hydroxyl groups is 4. The Balaban J connectivity index is 3.94. The van der Waals surface area contributed by atoms with Crippen LogP contribution in [0, 0.1) is 0 Å². The summed E-state index contributed by atoms with van der Waals surface area (Å²) in [6, 6.07) is -1.01. The van der Waals surface area contributed by atoms with Crippen LogP contribution in [0.3, 0.4) is 0 Å². The Labute approximate surface area is 252 Å². The third-order valence-electron chi connectivity index (χ3n) is 7.55. The Bertz CT molecular complexity index is 663. The quantitative estimate of drug-likeness (QED) is 0.0467. The van der Waals surface area contributed by atoms with E-state index in [-0.39, 0.29) is 0 Å². The van der Waals surface area contributed by atoms with Crippen molar-refractivity contribution in [1.29, 1.82) is 0 Å². The van der Waals surface area contributed by atoms with Gasteiger partial charge in [0, 0.05) is 0 Å². The second-order valence-electron chi connectivity index (χ2n) is 11.5. The molecule has 4 unspecified atom stereocenters. The SMILES string of the molecule is CCCC/C=C/CC/C=C/CCCC(O)C(O)C(CO)NC(=O)C(O)CCCCCCCC/C=C\CCCCCC. The largest absolute Gasteiger partial charge is 0.394 e. The lowest BCUT2D eigenvalue weighted by Gasteiger charge is -2.27. The second kappa shape index (κ2) is 30.0. The molecule has 5 N–H and O–H groups in total. The van der Waals surface area contributed by atoms with Crippen LogP contribution in [0.4, 0.5) is 0 Å². The molecule has 0 rings (SSSR count). The summed E-state index contributed by atoms with van der Waals surface area (Å²) >= 11 is 0. The third-order valence-corrected chi connectivity index (χ3v) is 7.55. The Morgan fingerprint density at radius 1 is 0.585 bits per heavy atom. The van der Waals surface area contributed by atoms with Crippen LogP contribution >= 0.6 is 0 Å². The van der Waals surface area contributed by atoms with Crippen LogP contribution in [0.25, 0.3) is 0 Å². The molecule has 240 valence electrons. The molecule has 0 aliphatic heterocycles. The zero-order valence-corrected chi connectivity index (χ0v) is 26.5. The molecule has 0 heterocycles. The Hall–Kier alpha value is -1.47. The van der Waals surface area contributed by atoms with Gasteiger partial charge in [-0.15, -0.1) is 0 Å². The monoisotopic (exact) mass is 579 g/mol. The van der Waals surface area contributed by atoms with Crippen molar-refractivity contribution in [3.8, 4) is 0 Å². The van der Waals surface area contributed by atoms with E-state index in [9.17, 15) is 25.2 Å². The number of rotatable bonds is 29. The summed E-state index contributed by atoms with van der Waals surface area (Å²) in [6.45, 7) is 3.93. The first-order valence-electron chi connectivity index (χ1n) is 16.9. The van der Waals surface area contributed by atoms with E-state index in [1.807, 2.05) is 0 Å². The number of carbonyl (C=O) groups is 1. The number of unbranched alkanes of at least 4 members (excludes halogenated alkanes) is 14. The van der Waals surface area contributed by atoms with Gasteiger partial charge in [0.05, 0.1) is 18.8 Å². The van der Waals surface area contributed by atoms with Crippen molar-refractivity contribution in [2.75, 3.05) is 6.61 Å². The van der Waals surface area contributed by atoms with Gasteiger partial charge in [0.1, 0.15) is 12.2 Å². The summed E-state index contributed by atoms with van der Waals surface area (Å²) in [7, 11) is 0. The predicted octanol–water partition coefficient (Wildman–Crippen LogP) is 7.45. The fourth-order valence-electron chi connectivity index (χ4n) is 4.75. The maximum absolute atomic E-state index is 12.4. The van der Waals surface area contributed by atoms with Gasteiger partial charge in [-0.2, -0.15) is 0 Å². The van der Waals surface area contributed by atoms with Crippen molar-refractivity contribution in [3.63, 3.8) is 0 Å². The van der Waals surface area contributed by atoms with E-state index in [2.05, 4.69) is 55.6 Å². The molecule has 0 saturated heterocycles. The molecular formula is C35H65NO5. The lowest BCUT2D eigenvalue weighted by Crippen LogP contribution is -2.53. The van der Waals surface area contributed by atoms with E-state index >= 15 is 0 Å². The van der Waals surface area contributed by atoms with E-state index in [1.165, 1.54) is 57.8 Å². The smallest absolute Gasteiger partial charge is 0.249 e. The molecule has 0 aromatic rings. The van der Waals surface area contributed by atoms with Crippen molar-refractivity contribution in [2.24, 2.45) is 0 Å². The van der Waals surface area contributed by atoms with Crippen LogP contribution < -0.4 is 5.32 Å². The molecule has 0 aliphatic rings. The van der Waals surface area contributed by atoms with E-state index < -0.39 is 36.9 Å². The maximum Gasteiger partial charge on any atom is 0.249 e. The second-order valence-corrected chi connectivity index (χ2v) is 11.5. The van der Waals surface area contributed by atoms with Gasteiger partial charge >= 0.3 is 0 Å². The minimum atomic E-state index is -1.29. The first-order chi connectivity index (χ1) is 20.0. The Morgan fingerprint density at radius 3 is 1.61 bits per heavy atom.